The fourth-order valence-electron chi connectivity index (χ4n) is 2.10. The maximum atomic E-state index is 12.2. The van der Waals surface area contributed by atoms with E-state index in [9.17, 15) is 4.79 Å². The second kappa shape index (κ2) is 6.33. The summed E-state index contributed by atoms with van der Waals surface area (Å²) in [6.07, 6.45) is 3.54. The van der Waals surface area contributed by atoms with Crippen LogP contribution in [0.2, 0.25) is 0 Å². The van der Waals surface area contributed by atoms with E-state index < -0.39 is 0 Å². The third-order valence-corrected chi connectivity index (χ3v) is 3.23. The van der Waals surface area contributed by atoms with E-state index >= 15 is 0 Å². The molecule has 1 aliphatic heterocycles. The summed E-state index contributed by atoms with van der Waals surface area (Å²) in [5.41, 5.74) is 6.22. The van der Waals surface area contributed by atoms with Crippen LogP contribution in [0.15, 0.2) is 23.5 Å². The lowest BCUT2D eigenvalue weighted by Gasteiger charge is -2.20. The molecule has 7 nitrogen and oxygen atoms in total. The van der Waals surface area contributed by atoms with Gasteiger partial charge in [-0.1, -0.05) is 5.16 Å². The molecule has 1 unspecified atom stereocenters. The summed E-state index contributed by atoms with van der Waals surface area (Å²) in [5.74, 6) is -0.212. The molecule has 108 valence electrons. The molecule has 1 amide bonds. The number of amidine groups is 1. The molecule has 7 heteroatoms. The number of nitrogens with zero attached hydrogens (tertiary/aromatic N) is 3. The van der Waals surface area contributed by atoms with Crippen molar-refractivity contribution in [1.29, 1.82) is 0 Å². The van der Waals surface area contributed by atoms with Gasteiger partial charge in [-0.3, -0.25) is 9.78 Å². The maximum Gasteiger partial charge on any atom is 0.272 e. The lowest BCUT2D eigenvalue weighted by atomic mass is 10.2. The highest BCUT2D eigenvalue weighted by molar-refractivity contribution is 5.98. The van der Waals surface area contributed by atoms with Gasteiger partial charge in [0.15, 0.2) is 5.84 Å². The van der Waals surface area contributed by atoms with E-state index in [0.29, 0.717) is 17.8 Å². The van der Waals surface area contributed by atoms with Gasteiger partial charge in [-0.15, -0.1) is 0 Å². The molecular weight excluding hydrogens is 260 g/mol. The molecule has 20 heavy (non-hydrogen) atoms. The molecule has 1 aromatic rings. The van der Waals surface area contributed by atoms with Crippen LogP contribution in [-0.4, -0.2) is 53.1 Å². The quantitative estimate of drug-likeness (QED) is 0.360. The van der Waals surface area contributed by atoms with Gasteiger partial charge >= 0.3 is 0 Å². The molecule has 2 rings (SSSR count). The van der Waals surface area contributed by atoms with Gasteiger partial charge in [-0.25, -0.2) is 0 Å². The van der Waals surface area contributed by atoms with Crippen molar-refractivity contribution in [1.82, 2.24) is 9.88 Å². The van der Waals surface area contributed by atoms with Crippen LogP contribution in [-0.2, 0) is 4.74 Å². The Kier molecular flexibility index (Phi) is 4.52. The molecule has 0 bridgehead atoms. The van der Waals surface area contributed by atoms with Crippen molar-refractivity contribution in [3.05, 3.63) is 29.6 Å². The van der Waals surface area contributed by atoms with Crippen molar-refractivity contribution in [2.45, 2.75) is 18.9 Å². The largest absolute Gasteiger partial charge is 0.409 e. The average Bonchev–Trinajstić information content (AvgIpc) is 2.98. The van der Waals surface area contributed by atoms with Gasteiger partial charge in [-0.05, 0) is 25.0 Å². The minimum atomic E-state index is -0.174. The third-order valence-electron chi connectivity index (χ3n) is 3.23. The van der Waals surface area contributed by atoms with Gasteiger partial charge < -0.3 is 20.6 Å². The number of hydrogen-bond acceptors (Lipinski definition) is 5. The second-order valence-electron chi connectivity index (χ2n) is 4.74. The van der Waals surface area contributed by atoms with Gasteiger partial charge in [0.25, 0.3) is 5.91 Å². The summed E-state index contributed by atoms with van der Waals surface area (Å²) < 4.78 is 5.50. The van der Waals surface area contributed by atoms with Crippen molar-refractivity contribution < 1.29 is 14.7 Å². The zero-order chi connectivity index (χ0) is 14.5. The van der Waals surface area contributed by atoms with Gasteiger partial charge in [-0.2, -0.15) is 0 Å². The first-order valence-corrected chi connectivity index (χ1v) is 6.43. The normalized spacial score (nSPS) is 19.1. The van der Waals surface area contributed by atoms with Crippen LogP contribution in [0, 0.1) is 0 Å². The number of hydrogen-bond donors (Lipinski definition) is 2. The SMILES string of the molecule is CN(CC1CCCO1)C(=O)c1ccc(C(N)=NO)cn1. The first kappa shape index (κ1) is 14.3. The highest BCUT2D eigenvalue weighted by Gasteiger charge is 2.21. The lowest BCUT2D eigenvalue weighted by molar-refractivity contribution is 0.0583. The topological polar surface area (TPSA) is 101 Å². The summed E-state index contributed by atoms with van der Waals surface area (Å²) in [5, 5.41) is 11.4. The number of rotatable bonds is 4. The zero-order valence-electron chi connectivity index (χ0n) is 11.3. The smallest absolute Gasteiger partial charge is 0.272 e. The number of pyridine rings is 1. The Labute approximate surface area is 117 Å². The van der Waals surface area contributed by atoms with Gasteiger partial charge in [0.1, 0.15) is 5.69 Å². The van der Waals surface area contributed by atoms with Crippen LogP contribution in [0.4, 0.5) is 0 Å². The van der Waals surface area contributed by atoms with Gasteiger partial charge in [0, 0.05) is 32.0 Å². The van der Waals surface area contributed by atoms with Crippen molar-refractivity contribution in [2.24, 2.45) is 10.9 Å². The van der Waals surface area contributed by atoms with Crippen LogP contribution < -0.4 is 5.73 Å². The number of aromatic nitrogens is 1. The molecule has 1 aromatic heterocycles. The number of ether oxygens (including phenoxy) is 1. The van der Waals surface area contributed by atoms with Crippen molar-refractivity contribution in [3.63, 3.8) is 0 Å². The van der Waals surface area contributed by atoms with E-state index in [1.807, 2.05) is 0 Å². The minimum absolute atomic E-state index is 0.0378. The van der Waals surface area contributed by atoms with Gasteiger partial charge in [0.05, 0.1) is 6.10 Å². The molecule has 0 radical (unpaired) electrons. The molecule has 1 aliphatic rings. The highest BCUT2D eigenvalue weighted by Crippen LogP contribution is 2.13. The van der Waals surface area contributed by atoms with E-state index in [1.54, 1.807) is 24.1 Å². The lowest BCUT2D eigenvalue weighted by Crippen LogP contribution is -2.34. The molecule has 1 saturated heterocycles. The van der Waals surface area contributed by atoms with Crippen LogP contribution >= 0.6 is 0 Å². The minimum Gasteiger partial charge on any atom is -0.409 e. The monoisotopic (exact) mass is 278 g/mol. The van der Waals surface area contributed by atoms with E-state index in [2.05, 4.69) is 10.1 Å². The molecule has 1 fully saturated rings. The van der Waals surface area contributed by atoms with E-state index in [-0.39, 0.29) is 17.8 Å². The molecular formula is C13H18N4O3. The number of amides is 1. The fourth-order valence-corrected chi connectivity index (χ4v) is 2.10. The first-order valence-electron chi connectivity index (χ1n) is 6.43. The Balaban J connectivity index is 2.00. The molecule has 0 saturated carbocycles. The predicted octanol–water partition coefficient (Wildman–Crippen LogP) is 0.427. The number of oxime groups is 1. The highest BCUT2D eigenvalue weighted by atomic mass is 16.5. The Bertz CT molecular complexity index is 495. The zero-order valence-corrected chi connectivity index (χ0v) is 11.3. The van der Waals surface area contributed by atoms with Crippen molar-refractivity contribution in [3.8, 4) is 0 Å². The van der Waals surface area contributed by atoms with E-state index in [1.165, 1.54) is 6.20 Å². The molecule has 0 spiro atoms. The van der Waals surface area contributed by atoms with E-state index in [0.717, 1.165) is 19.4 Å². The average molecular weight is 278 g/mol. The number of carbonyl (C=O) groups excluding carboxylic acids is 1. The van der Waals surface area contributed by atoms with Gasteiger partial charge in [0.2, 0.25) is 0 Å². The maximum absolute atomic E-state index is 12.2. The third kappa shape index (κ3) is 3.24. The Morgan fingerprint density at radius 2 is 2.45 bits per heavy atom. The standard InChI is InChI=1S/C13H18N4O3/c1-17(8-10-3-2-6-20-10)13(18)11-5-4-9(7-15-11)12(14)16-19/h4-5,7,10,19H,2-3,6,8H2,1H3,(H2,14,16). The van der Waals surface area contributed by atoms with Crippen LogP contribution in [0.3, 0.4) is 0 Å². The second-order valence-corrected chi connectivity index (χ2v) is 4.74. The van der Waals surface area contributed by atoms with Crippen LogP contribution in [0.1, 0.15) is 28.9 Å². The Morgan fingerprint density at radius 3 is 3.00 bits per heavy atom. The molecule has 3 N–H and O–H groups in total. The molecule has 0 aromatic carbocycles. The number of likely N-dealkylation sites (N-methyl/N-ethyl adjacent to an activating group) is 1. The molecule has 0 aliphatic carbocycles. The van der Waals surface area contributed by atoms with Crippen LogP contribution in [0.25, 0.3) is 0 Å². The fraction of sp³-hybridized carbons (Fsp3) is 0.462. The summed E-state index contributed by atoms with van der Waals surface area (Å²) >= 11 is 0. The molecule has 1 atom stereocenters. The number of carbonyl (C=O) groups is 1. The van der Waals surface area contributed by atoms with Crippen molar-refractivity contribution >= 4 is 11.7 Å². The van der Waals surface area contributed by atoms with Crippen LogP contribution in [0.5, 0.6) is 0 Å². The summed E-state index contributed by atoms with van der Waals surface area (Å²) in [6.45, 7) is 1.32. The summed E-state index contributed by atoms with van der Waals surface area (Å²) in [6, 6.07) is 3.15. The van der Waals surface area contributed by atoms with Crippen molar-refractivity contribution in [2.75, 3.05) is 20.2 Å². The summed E-state index contributed by atoms with van der Waals surface area (Å²) in [4.78, 5) is 17.8. The van der Waals surface area contributed by atoms with E-state index in [4.69, 9.17) is 15.7 Å². The summed E-state index contributed by atoms with van der Waals surface area (Å²) in [7, 11) is 1.73. The first-order chi connectivity index (χ1) is 9.61. The number of nitrogens with two attached hydrogens (primary N) is 1. The predicted molar refractivity (Wildman–Crippen MR) is 72.7 cm³/mol. The Morgan fingerprint density at radius 1 is 1.65 bits per heavy atom. The Hall–Kier alpha value is -2.15. The molecule has 2 heterocycles.